The van der Waals surface area contributed by atoms with Gasteiger partial charge in [0.25, 0.3) is 5.79 Å². The number of hydrogen-bond acceptors (Lipinski definition) is 52. The van der Waals surface area contributed by atoms with Gasteiger partial charge in [-0.1, -0.05) is 0 Å². The molecule has 0 bridgehead atoms. The summed E-state index contributed by atoms with van der Waals surface area (Å²) >= 11 is 0. The van der Waals surface area contributed by atoms with Gasteiger partial charge in [-0.15, -0.1) is 0 Å². The van der Waals surface area contributed by atoms with Gasteiger partial charge in [-0.05, 0) is 6.92 Å². The smallest absolute Gasteiger partial charge is 0.364 e. The molecule has 58 nitrogen and oxygen atoms in total. The van der Waals surface area contributed by atoms with E-state index in [9.17, 15) is 172 Å². The Bertz CT molecular complexity index is 3670. The number of rotatable bonds is 35. The number of carbonyl (C=O) groups excluding carboxylic acids is 5. The van der Waals surface area contributed by atoms with Crippen LogP contribution in [0.15, 0.2) is 0 Å². The monoisotopic (exact) mass is 1920 g/mol. The average Bonchev–Trinajstić information content (AvgIpc) is 0.766. The van der Waals surface area contributed by atoms with E-state index in [-0.39, 0.29) is 0 Å². The van der Waals surface area contributed by atoms with Crippen molar-refractivity contribution in [1.82, 2.24) is 26.6 Å². The minimum absolute atomic E-state index is 0.851. The van der Waals surface area contributed by atoms with Gasteiger partial charge in [-0.2, -0.15) is 0 Å². The quantitative estimate of drug-likeness (QED) is 0.0280. The first-order valence-corrected chi connectivity index (χ1v) is 41.6. The Morgan fingerprint density at radius 3 is 1.16 bits per heavy atom. The second-order valence-electron chi connectivity index (χ2n) is 33.2. The van der Waals surface area contributed by atoms with E-state index in [2.05, 4.69) is 26.6 Å². The van der Waals surface area contributed by atoms with Crippen LogP contribution in [0.2, 0.25) is 0 Å². The number of carbonyl (C=O) groups is 6. The third-order valence-corrected chi connectivity index (χ3v) is 23.8. The van der Waals surface area contributed by atoms with Crippen molar-refractivity contribution in [3.8, 4) is 0 Å². The number of aliphatic carboxylic acids is 1. The van der Waals surface area contributed by atoms with Crippen LogP contribution in [0.1, 0.15) is 48.0 Å². The fourth-order valence-electron chi connectivity index (χ4n) is 16.8. The van der Waals surface area contributed by atoms with Gasteiger partial charge < -0.3 is 260 Å². The summed E-state index contributed by atoms with van der Waals surface area (Å²) in [4.78, 5) is 76.7. The Kier molecular flexibility index (Phi) is 38.4. The molecule has 0 aliphatic carbocycles. The van der Waals surface area contributed by atoms with Gasteiger partial charge in [0.2, 0.25) is 29.5 Å². The second kappa shape index (κ2) is 46.6. The lowest BCUT2D eigenvalue weighted by Gasteiger charge is -2.51. The number of carboxylic acids is 1. The van der Waals surface area contributed by atoms with E-state index in [0.29, 0.717) is 0 Å². The fraction of sp³-hybridized carbons (Fsp3) is 0.918. The zero-order chi connectivity index (χ0) is 96.9. The maximum atomic E-state index is 13.3. The molecule has 0 saturated carbocycles. The minimum atomic E-state index is -3.11. The summed E-state index contributed by atoms with van der Waals surface area (Å²) in [6.45, 7) is -4.47. The Morgan fingerprint density at radius 1 is 0.328 bits per heavy atom. The zero-order valence-corrected chi connectivity index (χ0v) is 70.7. The predicted molar refractivity (Wildman–Crippen MR) is 403 cm³/mol. The summed E-state index contributed by atoms with van der Waals surface area (Å²) in [6.07, 6.45) is -97.5. The topological polar surface area (TPSA) is 904 Å². The summed E-state index contributed by atoms with van der Waals surface area (Å²) in [5.41, 5.74) is 0. The van der Waals surface area contributed by atoms with E-state index >= 15 is 0 Å². The van der Waals surface area contributed by atoms with E-state index < -0.39 is 414 Å². The van der Waals surface area contributed by atoms with E-state index in [1.807, 2.05) is 0 Å². The first kappa shape index (κ1) is 108. The summed E-state index contributed by atoms with van der Waals surface area (Å²) in [7, 11) is 0. The van der Waals surface area contributed by atoms with Crippen molar-refractivity contribution in [2.75, 3.05) is 59.5 Å². The molecule has 51 atom stereocenters. The molecule has 5 amide bonds. The molecule has 0 aromatic heterocycles. The van der Waals surface area contributed by atoms with E-state index in [1.54, 1.807) is 0 Å². The van der Waals surface area contributed by atoms with E-state index in [4.69, 9.17) is 90.0 Å². The Hall–Kier alpha value is -5.02. The van der Waals surface area contributed by atoms with Gasteiger partial charge in [-0.3, -0.25) is 24.0 Å². The van der Waals surface area contributed by atoms with Gasteiger partial charge in [0.15, 0.2) is 56.6 Å². The third-order valence-electron chi connectivity index (χ3n) is 23.8. The van der Waals surface area contributed by atoms with E-state index in [1.165, 1.54) is 6.92 Å². The molecule has 10 saturated heterocycles. The molecule has 33 N–H and O–H groups in total. The second-order valence-corrected chi connectivity index (χ2v) is 33.2. The number of aliphatic hydroxyl groups excluding tert-OH is 27. The average molecular weight is 1920 g/mol. The number of carboxylic acid groups (broad SMARTS) is 1. The fourth-order valence-corrected chi connectivity index (χ4v) is 16.8. The van der Waals surface area contributed by atoms with Gasteiger partial charge in [-0.25, -0.2) is 4.79 Å². The highest BCUT2D eigenvalue weighted by atomic mass is 16.8. The molecule has 10 rings (SSSR count). The summed E-state index contributed by atoms with van der Waals surface area (Å²) in [6, 6.07) is -9.40. The molecule has 58 heteroatoms. The summed E-state index contributed by atoms with van der Waals surface area (Å²) in [5.74, 6) is -9.81. The van der Waals surface area contributed by atoms with Crippen LogP contribution in [-0.2, 0) is 119 Å². The van der Waals surface area contributed by atoms with Crippen LogP contribution in [0.25, 0.3) is 0 Å². The number of ether oxygens (including phenoxy) is 19. The minimum Gasteiger partial charge on any atom is -0.477 e. The molecule has 0 aromatic rings. The molecule has 0 unspecified atom stereocenters. The van der Waals surface area contributed by atoms with Gasteiger partial charge in [0, 0.05) is 41.0 Å². The molecule has 10 heterocycles. The normalized spacial score (nSPS) is 47.5. The molecule has 10 aliphatic rings. The lowest BCUT2D eigenvalue weighted by atomic mass is 9.88. The predicted octanol–water partition coefficient (Wildman–Crippen LogP) is -21.9. The molecular formula is C73H121N5O53. The van der Waals surface area contributed by atoms with Crippen LogP contribution in [0.5, 0.6) is 0 Å². The van der Waals surface area contributed by atoms with Gasteiger partial charge in [0.05, 0.1) is 77.7 Å². The van der Waals surface area contributed by atoms with Gasteiger partial charge >= 0.3 is 5.97 Å². The number of aliphatic hydroxyl groups is 27. The van der Waals surface area contributed by atoms with Crippen LogP contribution in [0.4, 0.5) is 0 Å². The lowest BCUT2D eigenvalue weighted by molar-refractivity contribution is -0.399. The standard InChI is InChI=1S/C73H121N5O53/c1-17-38(92)49(103)53(107)67(116-17)113-15-32-58(46(100)34(63(110)117-32)75-19(3)86)125-65-36(77-21(5)88)47(101)57(29(13-84)121-65)127-69-55(109)60(44(98)30(123-69)14-114-70-61(51(105)41(95)26(10-81)119-70)129-64-35(76-20(4)87)45(99)40(94)25(9-80)118-64)128-71-62(52(106)42(96)27(11-82)120-71)130-66-37(78-22(6)89)48(102)56(28(12-83)122-66)126-68-54(108)50(104)43(97)31(124-68)16-115-73(72(111)112)7-23(90)33(74-18(2)85)59(131-73)39(93)24(91)8-79/h17,23-71,79-84,90-110H,7-16H2,1-6H3,(H,74,85)(H,75,86)(H,76,87)(H,77,88)(H,78,89)(H,111,112)/t17-,23-,24+,25+,26+,27+,28+,29+,30+,31+,32+,33+,34+,35+,36+,37+,38+,39+,40+,41+,42+,43-,44+,45+,46+,47+,48+,49+,50-,51-,52-,53-,54+,55-,56+,57+,58+,59+,60-,61-,62-,63+,64-,65-,66-,67+,68-,69-,70-,71+,73+/m0/s1. The van der Waals surface area contributed by atoms with E-state index in [0.717, 1.165) is 34.6 Å². The molecule has 756 valence electrons. The highest BCUT2D eigenvalue weighted by molar-refractivity contribution is 5.77. The number of hydrogen-bond donors (Lipinski definition) is 33. The first-order chi connectivity index (χ1) is 61.7. The molecule has 0 spiro atoms. The van der Waals surface area contributed by atoms with Crippen molar-refractivity contribution < 1.29 is 262 Å². The lowest BCUT2D eigenvalue weighted by Crippen LogP contribution is -2.71. The zero-order valence-electron chi connectivity index (χ0n) is 70.7. The van der Waals surface area contributed by atoms with Crippen LogP contribution < -0.4 is 26.6 Å². The largest absolute Gasteiger partial charge is 0.477 e. The van der Waals surface area contributed by atoms with Crippen molar-refractivity contribution in [3.05, 3.63) is 0 Å². The number of nitrogens with one attached hydrogen (secondary N) is 5. The molecule has 10 fully saturated rings. The highest BCUT2D eigenvalue weighted by Gasteiger charge is 2.63. The molecule has 131 heavy (non-hydrogen) atoms. The SMILES string of the molecule is CC(=O)N[C@@H]1[C@@H](O)[C@H](O[C@@H]2O[C@H](CO)[C@@H](O[C@@H]3O[C@H](CO[C@H]4O[C@H](CO)[C@@H](O)[C@H](O)[C@@H]4O[C@@H]4O[C@H](CO)[C@@H](O)[C@H](O)[C@H]4NC(C)=O)[C@@H](O)[C@H](O[C@H]4O[C@H](CO)[C@@H](O)[C@H](O)[C@@H]4O[C@@H]4O[C@H](CO)[C@@H](O[C@@H]5O[C@H](CO[C@]6(C(=O)O)C[C@H](O)[C@@H](NC(C)=O)[C@H]([C@H](O)[C@H](O)CO)O6)[C@H](O)[C@H](O)[C@H]5O)[C@H](O)[C@H]4NC(C)=O)[C@@H]3O)[C@H](O)[C@H]2NC(C)=O)[C@@H](CO[C@@H]2O[C@@H](C)[C@@H](O)[C@@H](O)[C@@H]2O)O[C@H]1O. The van der Waals surface area contributed by atoms with Crippen molar-refractivity contribution in [3.63, 3.8) is 0 Å². The Morgan fingerprint density at radius 2 is 0.679 bits per heavy atom. The first-order valence-electron chi connectivity index (χ1n) is 41.6. The van der Waals surface area contributed by atoms with Crippen LogP contribution in [-0.4, -0.2) is 550 Å². The Labute approximate surface area is 741 Å². The van der Waals surface area contributed by atoms with Gasteiger partial charge in [0.1, 0.15) is 232 Å². The summed E-state index contributed by atoms with van der Waals surface area (Å²) in [5, 5.41) is 326. The molecule has 10 aliphatic heterocycles. The van der Waals surface area contributed by atoms with Crippen LogP contribution in [0, 0.1) is 0 Å². The van der Waals surface area contributed by atoms with Crippen LogP contribution in [0.3, 0.4) is 0 Å². The highest BCUT2D eigenvalue weighted by Crippen LogP contribution is 2.42. The summed E-state index contributed by atoms with van der Waals surface area (Å²) < 4.78 is 113. The Balaban J connectivity index is 0.960. The van der Waals surface area contributed by atoms with Crippen LogP contribution >= 0.6 is 0 Å². The third kappa shape index (κ3) is 24.3. The molecule has 0 aromatic carbocycles. The van der Waals surface area contributed by atoms with Crippen molar-refractivity contribution >= 4 is 35.5 Å². The van der Waals surface area contributed by atoms with Crippen molar-refractivity contribution in [1.29, 1.82) is 0 Å². The molecular weight excluding hydrogens is 1790 g/mol. The van der Waals surface area contributed by atoms with Crippen molar-refractivity contribution in [2.45, 2.75) is 360 Å². The van der Waals surface area contributed by atoms with Crippen molar-refractivity contribution in [2.24, 2.45) is 0 Å². The molecule has 0 radical (unpaired) electrons. The maximum Gasteiger partial charge on any atom is 0.364 e. The maximum absolute atomic E-state index is 13.3. The number of amides is 5.